The zero-order valence-corrected chi connectivity index (χ0v) is 11.2. The van der Waals surface area contributed by atoms with E-state index in [0.29, 0.717) is 10.8 Å². The maximum absolute atomic E-state index is 12.1. The van der Waals surface area contributed by atoms with E-state index in [2.05, 4.69) is 15.4 Å². The summed E-state index contributed by atoms with van der Waals surface area (Å²) >= 11 is 5.69. The number of amides is 1. The number of halogens is 1. The summed E-state index contributed by atoms with van der Waals surface area (Å²) in [6.07, 6.45) is 2.76. The molecule has 2 aromatic heterocycles. The molecule has 0 fully saturated rings. The first-order chi connectivity index (χ1) is 9.49. The minimum Gasteiger partial charge on any atom is -0.480 e. The normalized spacial score (nSPS) is 11.9. The number of nitrogens with zero attached hydrogens (tertiary/aromatic N) is 3. The average molecular weight is 295 g/mol. The summed E-state index contributed by atoms with van der Waals surface area (Å²) in [7, 11) is 0. The second-order valence-corrected chi connectivity index (χ2v) is 4.43. The Bertz CT molecular complexity index is 638. The van der Waals surface area contributed by atoms with Crippen LogP contribution < -0.4 is 5.32 Å². The summed E-state index contributed by atoms with van der Waals surface area (Å²) < 4.78 is 1.13. The molecule has 20 heavy (non-hydrogen) atoms. The van der Waals surface area contributed by atoms with Gasteiger partial charge in [0.2, 0.25) is 0 Å². The van der Waals surface area contributed by atoms with Gasteiger partial charge in [-0.25, -0.2) is 14.5 Å². The summed E-state index contributed by atoms with van der Waals surface area (Å²) in [6, 6.07) is 3.62. The number of carboxylic acids is 1. The van der Waals surface area contributed by atoms with Crippen molar-refractivity contribution in [3.8, 4) is 0 Å². The van der Waals surface area contributed by atoms with Gasteiger partial charge in [-0.05, 0) is 25.1 Å². The number of aliphatic carboxylic acids is 1. The second-order valence-electron chi connectivity index (χ2n) is 3.99. The fourth-order valence-electron chi connectivity index (χ4n) is 1.54. The lowest BCUT2D eigenvalue weighted by atomic mass is 10.3. The summed E-state index contributed by atoms with van der Waals surface area (Å²) in [5.74, 6) is -1.26. The monoisotopic (exact) mass is 294 g/mol. The molecule has 0 radical (unpaired) electrons. The van der Waals surface area contributed by atoms with Gasteiger partial charge in [0.05, 0.1) is 5.02 Å². The molecular weight excluding hydrogens is 284 g/mol. The topological polar surface area (TPSA) is 97.1 Å². The predicted octanol–water partition coefficient (Wildman–Crippen LogP) is 1.83. The molecule has 2 rings (SSSR count). The molecule has 0 bridgehead atoms. The molecule has 1 atom stereocenters. The number of hydrogen-bond acceptors (Lipinski definition) is 4. The van der Waals surface area contributed by atoms with Gasteiger partial charge < -0.3 is 10.4 Å². The first-order valence-electron chi connectivity index (χ1n) is 5.68. The van der Waals surface area contributed by atoms with Crippen LogP contribution in [-0.2, 0) is 4.79 Å². The maximum atomic E-state index is 12.1. The molecule has 0 aliphatic heterocycles. The van der Waals surface area contributed by atoms with Gasteiger partial charge in [-0.1, -0.05) is 11.6 Å². The van der Waals surface area contributed by atoms with Crippen molar-refractivity contribution in [2.45, 2.75) is 13.0 Å². The number of aromatic nitrogens is 3. The summed E-state index contributed by atoms with van der Waals surface area (Å²) in [5, 5.41) is 15.8. The Morgan fingerprint density at radius 3 is 2.75 bits per heavy atom. The van der Waals surface area contributed by atoms with Crippen molar-refractivity contribution >= 4 is 29.3 Å². The van der Waals surface area contributed by atoms with Gasteiger partial charge in [-0.15, -0.1) is 0 Å². The third-order valence-electron chi connectivity index (χ3n) is 2.60. The molecule has 0 spiro atoms. The van der Waals surface area contributed by atoms with Crippen molar-refractivity contribution in [3.63, 3.8) is 0 Å². The van der Waals surface area contributed by atoms with E-state index in [0.717, 1.165) is 4.68 Å². The molecule has 1 unspecified atom stereocenters. The highest BCUT2D eigenvalue weighted by atomic mass is 35.5. The van der Waals surface area contributed by atoms with E-state index in [1.165, 1.54) is 25.4 Å². The van der Waals surface area contributed by atoms with E-state index in [-0.39, 0.29) is 5.69 Å². The van der Waals surface area contributed by atoms with Gasteiger partial charge in [0.1, 0.15) is 17.6 Å². The van der Waals surface area contributed by atoms with Crippen molar-refractivity contribution in [2.24, 2.45) is 0 Å². The van der Waals surface area contributed by atoms with Gasteiger partial charge in [-0.2, -0.15) is 5.10 Å². The molecule has 7 nitrogen and oxygen atoms in total. The van der Waals surface area contributed by atoms with Gasteiger partial charge in [0.15, 0.2) is 0 Å². The number of carbonyl (C=O) groups is 2. The number of rotatable bonds is 4. The van der Waals surface area contributed by atoms with Crippen molar-refractivity contribution in [1.29, 1.82) is 0 Å². The maximum Gasteiger partial charge on any atom is 0.328 e. The van der Waals surface area contributed by atoms with Crippen molar-refractivity contribution in [3.05, 3.63) is 41.3 Å². The molecule has 1 amide bonds. The van der Waals surface area contributed by atoms with Crippen molar-refractivity contribution in [1.82, 2.24) is 14.8 Å². The van der Waals surface area contributed by atoms with Crippen LogP contribution >= 0.6 is 11.6 Å². The number of pyridine rings is 1. The Morgan fingerprint density at radius 1 is 1.40 bits per heavy atom. The summed E-state index contributed by atoms with van der Waals surface area (Å²) in [6.45, 7) is 1.44. The van der Waals surface area contributed by atoms with E-state index in [4.69, 9.17) is 16.7 Å². The molecule has 0 aliphatic carbocycles. The molecular formula is C12H11ClN4O3. The number of carboxylic acid groups (broad SMARTS) is 1. The lowest BCUT2D eigenvalue weighted by molar-refractivity contribution is -0.140. The Kier molecular flexibility index (Phi) is 3.99. The molecule has 104 valence electrons. The third kappa shape index (κ3) is 2.94. The Hall–Kier alpha value is -2.41. The Labute approximate surface area is 119 Å². The molecule has 2 N–H and O–H groups in total. The zero-order valence-electron chi connectivity index (χ0n) is 10.4. The second kappa shape index (κ2) is 5.70. The van der Waals surface area contributed by atoms with Crippen LogP contribution in [0.1, 0.15) is 23.5 Å². The number of nitrogens with one attached hydrogen (secondary N) is 1. The van der Waals surface area contributed by atoms with Crippen LogP contribution in [-0.4, -0.2) is 31.7 Å². The van der Waals surface area contributed by atoms with E-state index in [1.54, 1.807) is 12.1 Å². The van der Waals surface area contributed by atoms with Crippen LogP contribution in [0.2, 0.25) is 5.02 Å². The van der Waals surface area contributed by atoms with Gasteiger partial charge in [0, 0.05) is 12.4 Å². The van der Waals surface area contributed by atoms with Gasteiger partial charge in [0.25, 0.3) is 5.91 Å². The molecule has 0 saturated heterocycles. The molecule has 2 heterocycles. The van der Waals surface area contributed by atoms with Crippen LogP contribution in [0.4, 0.5) is 5.82 Å². The van der Waals surface area contributed by atoms with Crippen molar-refractivity contribution in [2.75, 3.05) is 5.32 Å². The summed E-state index contributed by atoms with van der Waals surface area (Å²) in [5.41, 5.74) is 0.136. The highest BCUT2D eigenvalue weighted by Crippen LogP contribution is 2.13. The van der Waals surface area contributed by atoms with Crippen LogP contribution in [0.3, 0.4) is 0 Å². The average Bonchev–Trinajstić information content (AvgIpc) is 2.89. The fourth-order valence-corrected chi connectivity index (χ4v) is 1.65. The molecule has 2 aromatic rings. The minimum atomic E-state index is -1.08. The van der Waals surface area contributed by atoms with E-state index in [1.807, 2.05) is 0 Å². The van der Waals surface area contributed by atoms with Crippen LogP contribution in [0.15, 0.2) is 30.6 Å². The molecule has 0 aliphatic rings. The highest BCUT2D eigenvalue weighted by molar-refractivity contribution is 6.30. The largest absolute Gasteiger partial charge is 0.480 e. The van der Waals surface area contributed by atoms with Gasteiger partial charge in [-0.3, -0.25) is 4.79 Å². The first-order valence-corrected chi connectivity index (χ1v) is 6.06. The molecule has 0 aromatic carbocycles. The lowest BCUT2D eigenvalue weighted by Crippen LogP contribution is -2.24. The van der Waals surface area contributed by atoms with E-state index >= 15 is 0 Å². The number of anilines is 1. The van der Waals surface area contributed by atoms with Crippen LogP contribution in [0.25, 0.3) is 0 Å². The van der Waals surface area contributed by atoms with Crippen LogP contribution in [0, 0.1) is 0 Å². The molecule has 0 saturated carbocycles. The summed E-state index contributed by atoms with van der Waals surface area (Å²) in [4.78, 5) is 26.9. The lowest BCUT2D eigenvalue weighted by Gasteiger charge is -2.11. The van der Waals surface area contributed by atoms with Crippen LogP contribution in [0.5, 0.6) is 0 Å². The quantitative estimate of drug-likeness (QED) is 0.896. The predicted molar refractivity (Wildman–Crippen MR) is 71.8 cm³/mol. The highest BCUT2D eigenvalue weighted by Gasteiger charge is 2.21. The van der Waals surface area contributed by atoms with E-state index in [9.17, 15) is 9.59 Å². The first kappa shape index (κ1) is 14.0. The van der Waals surface area contributed by atoms with E-state index < -0.39 is 17.9 Å². The van der Waals surface area contributed by atoms with Crippen molar-refractivity contribution < 1.29 is 14.7 Å². The SMILES string of the molecule is CC(C(=O)O)n1nccc1C(=O)Nc1ccc(Cl)cn1. The zero-order chi connectivity index (χ0) is 14.7. The minimum absolute atomic E-state index is 0.136. The third-order valence-corrected chi connectivity index (χ3v) is 2.82. The Morgan fingerprint density at radius 2 is 2.15 bits per heavy atom. The smallest absolute Gasteiger partial charge is 0.328 e. The van der Waals surface area contributed by atoms with Gasteiger partial charge >= 0.3 is 5.97 Å². The number of hydrogen-bond donors (Lipinski definition) is 2. The fraction of sp³-hybridized carbons (Fsp3) is 0.167. The molecule has 8 heteroatoms. The number of carbonyl (C=O) groups excluding carboxylic acids is 1. The Balaban J connectivity index is 2.20. The standard InChI is InChI=1S/C12H11ClN4O3/c1-7(12(19)20)17-9(4-5-15-17)11(18)16-10-3-2-8(13)6-14-10/h2-7H,1H3,(H,19,20)(H,14,16,18).